The van der Waals surface area contributed by atoms with Crippen LogP contribution in [0.3, 0.4) is 0 Å². The van der Waals surface area contributed by atoms with Gasteiger partial charge in [0.25, 0.3) is 0 Å². The molecule has 0 radical (unpaired) electrons. The number of amidine groups is 1. The predicted molar refractivity (Wildman–Crippen MR) is 206 cm³/mol. The molecule has 0 spiro atoms. The van der Waals surface area contributed by atoms with Gasteiger partial charge in [0.15, 0.2) is 0 Å². The summed E-state index contributed by atoms with van der Waals surface area (Å²) in [5.41, 5.74) is 10.5. The minimum absolute atomic E-state index is 0.0305. The Hall–Kier alpha value is -5.47. The highest BCUT2D eigenvalue weighted by molar-refractivity contribution is 6.03. The van der Waals surface area contributed by atoms with Gasteiger partial charge in [-0.2, -0.15) is 0 Å². The van der Waals surface area contributed by atoms with Crippen molar-refractivity contribution in [2.24, 2.45) is 10.9 Å². The fraction of sp³-hybridized carbons (Fsp3) is 0.152. The molecule has 2 nitrogen and oxygen atoms in total. The zero-order valence-corrected chi connectivity index (χ0v) is 28.0. The van der Waals surface area contributed by atoms with E-state index in [9.17, 15) is 0 Å². The number of hydrogen-bond acceptors (Lipinski definition) is 2. The van der Waals surface area contributed by atoms with Crippen LogP contribution in [0.25, 0.3) is 16.8 Å². The van der Waals surface area contributed by atoms with E-state index < -0.39 is 0 Å². The van der Waals surface area contributed by atoms with Crippen molar-refractivity contribution in [1.82, 2.24) is 5.32 Å². The van der Waals surface area contributed by atoms with Gasteiger partial charge in [-0.25, -0.2) is 4.99 Å². The third-order valence-electron chi connectivity index (χ3n) is 9.38. The first-order valence-corrected chi connectivity index (χ1v) is 17.0. The number of rotatable bonds is 11. The van der Waals surface area contributed by atoms with E-state index in [0.29, 0.717) is 0 Å². The summed E-state index contributed by atoms with van der Waals surface area (Å²) in [6.07, 6.45) is 23.5. The van der Waals surface area contributed by atoms with Crippen LogP contribution in [-0.2, 0) is 11.8 Å². The number of benzene rings is 4. The lowest BCUT2D eigenvalue weighted by molar-refractivity contribution is 0.502. The number of hydrogen-bond donors (Lipinski definition) is 1. The first-order chi connectivity index (χ1) is 23.6. The molecule has 0 aromatic heterocycles. The molecule has 1 aliphatic heterocycles. The SMILES string of the molecule is C=C/C=C\C=C\C1(/C(C=C)=C/CC)c2ccc(-c3cccc(C4C=C(c5ccccc5)N=C(c5ccccc5)N4)c3)cc2CC1/C=C\C. The molecule has 3 atom stereocenters. The minimum Gasteiger partial charge on any atom is -0.359 e. The highest BCUT2D eigenvalue weighted by Gasteiger charge is 2.45. The highest BCUT2D eigenvalue weighted by atomic mass is 15.0. The summed E-state index contributed by atoms with van der Waals surface area (Å²) in [7, 11) is 0. The zero-order valence-electron chi connectivity index (χ0n) is 28.0. The van der Waals surface area contributed by atoms with Crippen LogP contribution in [0.4, 0.5) is 0 Å². The molecule has 0 bridgehead atoms. The Balaban J connectivity index is 1.40. The molecule has 2 aliphatic rings. The van der Waals surface area contributed by atoms with E-state index in [-0.39, 0.29) is 17.4 Å². The van der Waals surface area contributed by atoms with Gasteiger partial charge in [0, 0.05) is 11.0 Å². The molecule has 0 amide bonds. The Morgan fingerprint density at radius 3 is 2.27 bits per heavy atom. The maximum Gasteiger partial charge on any atom is 0.134 e. The van der Waals surface area contributed by atoms with Crippen LogP contribution in [0.15, 0.2) is 188 Å². The van der Waals surface area contributed by atoms with Gasteiger partial charge >= 0.3 is 0 Å². The summed E-state index contributed by atoms with van der Waals surface area (Å²) in [6.45, 7) is 12.4. The number of aliphatic imine (C=N–C) groups is 1. The normalized spacial score (nSPS) is 20.8. The molecule has 4 aromatic carbocycles. The third kappa shape index (κ3) is 6.52. The summed E-state index contributed by atoms with van der Waals surface area (Å²) < 4.78 is 0. The standard InChI is InChI=1S/C46H44N2/c1-5-9-10-17-29-46(40(8-4)19-6-2)41(20-7-3)32-39-31-37(27-28-42(39)46)36-25-18-26-38(30-36)44-33-43(34-21-13-11-14-22-34)47-45(48-44)35-23-15-12-16-24-35/h5,7-31,33,41,44H,1,4,6,32H2,2-3H3,(H,47,48)/b10-9-,20-7-,29-17+,40-19+. The number of nitrogens with zero attached hydrogens (tertiary/aromatic N) is 1. The molecule has 3 unspecified atom stereocenters. The molecule has 238 valence electrons. The largest absolute Gasteiger partial charge is 0.359 e. The second-order valence-electron chi connectivity index (χ2n) is 12.3. The fourth-order valence-corrected chi connectivity index (χ4v) is 7.21. The number of nitrogens with one attached hydrogen (secondary N) is 1. The molecular formula is C46H44N2. The van der Waals surface area contributed by atoms with Crippen molar-refractivity contribution in [3.8, 4) is 11.1 Å². The maximum atomic E-state index is 5.05. The van der Waals surface area contributed by atoms with Gasteiger partial charge in [-0.05, 0) is 76.8 Å². The lowest BCUT2D eigenvalue weighted by Gasteiger charge is -2.34. The summed E-state index contributed by atoms with van der Waals surface area (Å²) in [5.74, 6) is 1.16. The van der Waals surface area contributed by atoms with Crippen LogP contribution >= 0.6 is 0 Å². The number of fused-ring (bicyclic) bond motifs is 1. The van der Waals surface area contributed by atoms with Crippen molar-refractivity contribution in [2.45, 2.75) is 38.1 Å². The molecule has 4 aromatic rings. The van der Waals surface area contributed by atoms with E-state index in [1.54, 1.807) is 0 Å². The van der Waals surface area contributed by atoms with E-state index in [1.165, 1.54) is 33.4 Å². The van der Waals surface area contributed by atoms with Crippen LogP contribution in [0.2, 0.25) is 0 Å². The second kappa shape index (κ2) is 15.0. The van der Waals surface area contributed by atoms with Gasteiger partial charge in [-0.3, -0.25) is 0 Å². The average Bonchev–Trinajstić information content (AvgIpc) is 3.45. The van der Waals surface area contributed by atoms with Crippen molar-refractivity contribution < 1.29 is 0 Å². The lowest BCUT2D eigenvalue weighted by Crippen LogP contribution is -2.31. The zero-order chi connectivity index (χ0) is 33.3. The van der Waals surface area contributed by atoms with Crippen molar-refractivity contribution in [3.63, 3.8) is 0 Å². The topological polar surface area (TPSA) is 24.4 Å². The molecule has 1 N–H and O–H groups in total. The fourth-order valence-electron chi connectivity index (χ4n) is 7.21. The molecule has 1 heterocycles. The lowest BCUT2D eigenvalue weighted by atomic mass is 9.68. The third-order valence-corrected chi connectivity index (χ3v) is 9.38. The molecular weight excluding hydrogens is 581 g/mol. The van der Waals surface area contributed by atoms with Gasteiger partial charge in [-0.15, -0.1) is 0 Å². The molecule has 0 saturated carbocycles. The molecule has 48 heavy (non-hydrogen) atoms. The second-order valence-corrected chi connectivity index (χ2v) is 12.3. The van der Waals surface area contributed by atoms with E-state index in [4.69, 9.17) is 4.99 Å². The van der Waals surface area contributed by atoms with Gasteiger partial charge in [0.1, 0.15) is 5.84 Å². The molecule has 2 heteroatoms. The van der Waals surface area contributed by atoms with Crippen molar-refractivity contribution >= 4 is 11.5 Å². The van der Waals surface area contributed by atoms with Crippen LogP contribution in [0.5, 0.6) is 0 Å². The average molecular weight is 625 g/mol. The van der Waals surface area contributed by atoms with Crippen LogP contribution < -0.4 is 5.32 Å². The summed E-state index contributed by atoms with van der Waals surface area (Å²) in [4.78, 5) is 5.05. The van der Waals surface area contributed by atoms with Crippen molar-refractivity contribution in [2.75, 3.05) is 0 Å². The Kier molecular flexibility index (Phi) is 10.1. The van der Waals surface area contributed by atoms with E-state index in [0.717, 1.165) is 35.5 Å². The quantitative estimate of drug-likeness (QED) is 0.130. The summed E-state index contributed by atoms with van der Waals surface area (Å²) in [5, 5.41) is 3.73. The van der Waals surface area contributed by atoms with E-state index in [2.05, 4.69) is 172 Å². The Morgan fingerprint density at radius 1 is 0.833 bits per heavy atom. The first kappa shape index (κ1) is 32.5. The monoisotopic (exact) mass is 624 g/mol. The summed E-state index contributed by atoms with van der Waals surface area (Å²) in [6, 6.07) is 36.8. The maximum absolute atomic E-state index is 5.05. The molecule has 6 rings (SSSR count). The predicted octanol–water partition coefficient (Wildman–Crippen LogP) is 11.3. The molecule has 1 aliphatic carbocycles. The van der Waals surface area contributed by atoms with Crippen LogP contribution in [0, 0.1) is 5.92 Å². The van der Waals surface area contributed by atoms with Gasteiger partial charge in [0.05, 0.1) is 11.7 Å². The molecule has 0 fully saturated rings. The van der Waals surface area contributed by atoms with Crippen molar-refractivity contribution in [1.29, 1.82) is 0 Å². The van der Waals surface area contributed by atoms with Gasteiger partial charge in [-0.1, -0.05) is 172 Å². The smallest absolute Gasteiger partial charge is 0.134 e. The minimum atomic E-state index is -0.288. The Labute approximate surface area is 286 Å². The van der Waals surface area contributed by atoms with Gasteiger partial charge < -0.3 is 5.32 Å². The Morgan fingerprint density at radius 2 is 1.56 bits per heavy atom. The van der Waals surface area contributed by atoms with Crippen molar-refractivity contribution in [3.05, 3.63) is 210 Å². The van der Waals surface area contributed by atoms with Gasteiger partial charge in [0.2, 0.25) is 0 Å². The van der Waals surface area contributed by atoms with E-state index in [1.807, 2.05) is 24.3 Å². The highest BCUT2D eigenvalue weighted by Crippen LogP contribution is 2.51. The first-order valence-electron chi connectivity index (χ1n) is 17.0. The van der Waals surface area contributed by atoms with Crippen LogP contribution in [0.1, 0.15) is 54.1 Å². The number of allylic oxidation sites excluding steroid dienone is 10. The Bertz CT molecular complexity index is 1950. The summed E-state index contributed by atoms with van der Waals surface area (Å²) >= 11 is 0. The van der Waals surface area contributed by atoms with Crippen LogP contribution in [-0.4, -0.2) is 5.84 Å². The molecule has 0 saturated heterocycles. The van der Waals surface area contributed by atoms with E-state index >= 15 is 0 Å².